The fraction of sp³-hybridized carbons (Fsp3) is 0.579. The van der Waals surface area contributed by atoms with E-state index in [4.69, 9.17) is 0 Å². The zero-order chi connectivity index (χ0) is 18.2. The monoisotopic (exact) mass is 342 g/mol. The van der Waals surface area contributed by atoms with Crippen molar-refractivity contribution in [2.24, 2.45) is 17.3 Å². The first-order valence-electron chi connectivity index (χ1n) is 8.87. The van der Waals surface area contributed by atoms with E-state index in [1.54, 1.807) is 6.92 Å². The molecular formula is C19H26N4O2. The van der Waals surface area contributed by atoms with Gasteiger partial charge in [-0.3, -0.25) is 9.59 Å². The van der Waals surface area contributed by atoms with E-state index < -0.39 is 0 Å². The van der Waals surface area contributed by atoms with Crippen LogP contribution in [-0.2, 0) is 16.1 Å². The zero-order valence-electron chi connectivity index (χ0n) is 15.3. The Morgan fingerprint density at radius 2 is 2.08 bits per heavy atom. The van der Waals surface area contributed by atoms with Crippen molar-refractivity contribution < 1.29 is 9.59 Å². The van der Waals surface area contributed by atoms with Crippen LogP contribution in [0.1, 0.15) is 40.5 Å². The van der Waals surface area contributed by atoms with E-state index in [-0.39, 0.29) is 35.0 Å². The summed E-state index contributed by atoms with van der Waals surface area (Å²) in [5.41, 5.74) is 1.73. The van der Waals surface area contributed by atoms with Gasteiger partial charge in [-0.05, 0) is 43.7 Å². The number of hydrogen-bond acceptors (Lipinski definition) is 4. The maximum absolute atomic E-state index is 12.4. The molecule has 3 atom stereocenters. The molecule has 0 saturated heterocycles. The lowest BCUT2D eigenvalue weighted by Gasteiger charge is -2.51. The number of carbonyl (C=O) groups excluding carboxylic acids is 2. The van der Waals surface area contributed by atoms with Crippen molar-refractivity contribution in [3.05, 3.63) is 24.3 Å². The van der Waals surface area contributed by atoms with Gasteiger partial charge in [0.2, 0.25) is 5.91 Å². The molecule has 1 aromatic heterocycles. The molecule has 1 heterocycles. The summed E-state index contributed by atoms with van der Waals surface area (Å²) in [6, 6.07) is 7.75. The van der Waals surface area contributed by atoms with Crippen LogP contribution in [0, 0.1) is 17.3 Å². The maximum atomic E-state index is 12.4. The summed E-state index contributed by atoms with van der Waals surface area (Å²) < 4.78 is 1.82. The van der Waals surface area contributed by atoms with Gasteiger partial charge in [-0.15, -0.1) is 5.10 Å². The molecule has 0 spiro atoms. The third kappa shape index (κ3) is 3.43. The summed E-state index contributed by atoms with van der Waals surface area (Å²) in [6.07, 6.45) is 1.29. The molecule has 134 valence electrons. The third-order valence-electron chi connectivity index (χ3n) is 5.67. The Morgan fingerprint density at radius 1 is 1.36 bits per heavy atom. The van der Waals surface area contributed by atoms with E-state index in [0.29, 0.717) is 13.0 Å². The molecule has 6 heteroatoms. The average molecular weight is 342 g/mol. The highest BCUT2D eigenvalue weighted by atomic mass is 16.1. The Bertz CT molecular complexity index is 796. The van der Waals surface area contributed by atoms with Gasteiger partial charge < -0.3 is 5.32 Å². The predicted octanol–water partition coefficient (Wildman–Crippen LogP) is 2.58. The van der Waals surface area contributed by atoms with Gasteiger partial charge in [0.1, 0.15) is 11.3 Å². The van der Waals surface area contributed by atoms with Gasteiger partial charge >= 0.3 is 0 Å². The molecule has 2 aromatic rings. The summed E-state index contributed by atoms with van der Waals surface area (Å²) in [6.45, 7) is 8.37. The van der Waals surface area contributed by atoms with Crippen LogP contribution < -0.4 is 5.32 Å². The number of hydrogen-bond donors (Lipinski definition) is 1. The van der Waals surface area contributed by atoms with Crippen LogP contribution in [0.2, 0.25) is 0 Å². The van der Waals surface area contributed by atoms with Crippen LogP contribution in [0.25, 0.3) is 11.0 Å². The SMILES string of the molecule is CC(=O)[C@H]1C[C@H](CC(=O)N[C@@H](C)Cn2nnc3ccccc32)C1(C)C. The van der Waals surface area contributed by atoms with Crippen molar-refractivity contribution in [1.82, 2.24) is 20.3 Å². The molecule has 1 fully saturated rings. The zero-order valence-corrected chi connectivity index (χ0v) is 15.3. The quantitative estimate of drug-likeness (QED) is 0.875. The molecule has 1 aliphatic carbocycles. The molecule has 1 saturated carbocycles. The van der Waals surface area contributed by atoms with Crippen molar-refractivity contribution in [2.75, 3.05) is 0 Å². The largest absolute Gasteiger partial charge is 0.352 e. The summed E-state index contributed by atoms with van der Waals surface area (Å²) in [7, 11) is 0. The number of aromatic nitrogens is 3. The van der Waals surface area contributed by atoms with E-state index in [2.05, 4.69) is 29.5 Å². The van der Waals surface area contributed by atoms with E-state index in [1.165, 1.54) is 0 Å². The minimum atomic E-state index is -0.0888. The molecule has 0 radical (unpaired) electrons. The number of nitrogens with zero attached hydrogens (tertiary/aromatic N) is 3. The predicted molar refractivity (Wildman–Crippen MR) is 95.8 cm³/mol. The Kier molecular flexibility index (Phi) is 4.62. The lowest BCUT2D eigenvalue weighted by molar-refractivity contribution is -0.141. The summed E-state index contributed by atoms with van der Waals surface area (Å²) in [4.78, 5) is 24.0. The van der Waals surface area contributed by atoms with Gasteiger partial charge in [0.25, 0.3) is 0 Å². The molecule has 0 unspecified atom stereocenters. The van der Waals surface area contributed by atoms with Gasteiger partial charge in [0.15, 0.2) is 0 Å². The van der Waals surface area contributed by atoms with Gasteiger partial charge in [-0.25, -0.2) is 4.68 Å². The van der Waals surface area contributed by atoms with Crippen molar-refractivity contribution in [2.45, 2.75) is 53.1 Å². The van der Waals surface area contributed by atoms with E-state index in [0.717, 1.165) is 17.5 Å². The molecular weight excluding hydrogens is 316 g/mol. The Morgan fingerprint density at radius 3 is 2.76 bits per heavy atom. The van der Waals surface area contributed by atoms with Crippen LogP contribution in [0.4, 0.5) is 0 Å². The van der Waals surface area contributed by atoms with Crippen LogP contribution in [0.5, 0.6) is 0 Å². The standard InChI is InChI=1S/C19H26N4O2/c1-12(11-23-17-8-6-5-7-16(17)21-22-23)20-18(25)10-14-9-15(13(2)24)19(14,3)4/h5-8,12,14-15H,9-11H2,1-4H3,(H,20,25)/t12-,14+,15+/m0/s1. The smallest absolute Gasteiger partial charge is 0.220 e. The molecule has 25 heavy (non-hydrogen) atoms. The van der Waals surface area contributed by atoms with Crippen molar-refractivity contribution >= 4 is 22.7 Å². The molecule has 1 aliphatic rings. The molecule has 6 nitrogen and oxygen atoms in total. The second-order valence-electron chi connectivity index (χ2n) is 7.85. The van der Waals surface area contributed by atoms with Gasteiger partial charge in [-0.2, -0.15) is 0 Å². The van der Waals surface area contributed by atoms with Gasteiger partial charge in [-0.1, -0.05) is 31.2 Å². The number of rotatable bonds is 6. The Hall–Kier alpha value is -2.24. The van der Waals surface area contributed by atoms with Crippen molar-refractivity contribution in [1.29, 1.82) is 0 Å². The topological polar surface area (TPSA) is 76.9 Å². The van der Waals surface area contributed by atoms with Crippen LogP contribution in [0.15, 0.2) is 24.3 Å². The first kappa shape index (κ1) is 17.6. The number of nitrogens with one attached hydrogen (secondary N) is 1. The minimum Gasteiger partial charge on any atom is -0.352 e. The molecule has 0 aliphatic heterocycles. The highest BCUT2D eigenvalue weighted by molar-refractivity contribution is 5.81. The molecule has 1 aromatic carbocycles. The maximum Gasteiger partial charge on any atom is 0.220 e. The minimum absolute atomic E-state index is 0.0376. The van der Waals surface area contributed by atoms with Crippen LogP contribution in [-0.4, -0.2) is 32.7 Å². The fourth-order valence-corrected chi connectivity index (χ4v) is 3.97. The van der Waals surface area contributed by atoms with Crippen LogP contribution in [0.3, 0.4) is 0 Å². The highest BCUT2D eigenvalue weighted by Crippen LogP contribution is 2.53. The van der Waals surface area contributed by atoms with Crippen LogP contribution >= 0.6 is 0 Å². The van der Waals surface area contributed by atoms with E-state index in [1.807, 2.05) is 35.9 Å². The molecule has 0 bridgehead atoms. The second-order valence-corrected chi connectivity index (χ2v) is 7.85. The first-order valence-corrected chi connectivity index (χ1v) is 8.87. The number of benzene rings is 1. The lowest BCUT2D eigenvalue weighted by Crippen LogP contribution is -2.50. The normalized spacial score (nSPS) is 23.0. The number of fused-ring (bicyclic) bond motifs is 1. The summed E-state index contributed by atoms with van der Waals surface area (Å²) >= 11 is 0. The third-order valence-corrected chi connectivity index (χ3v) is 5.67. The van der Waals surface area contributed by atoms with Crippen molar-refractivity contribution in [3.8, 4) is 0 Å². The molecule has 1 amide bonds. The van der Waals surface area contributed by atoms with Crippen molar-refractivity contribution in [3.63, 3.8) is 0 Å². The van der Waals surface area contributed by atoms with E-state index in [9.17, 15) is 9.59 Å². The fourth-order valence-electron chi connectivity index (χ4n) is 3.97. The Balaban J connectivity index is 1.54. The summed E-state index contributed by atoms with van der Waals surface area (Å²) in [5.74, 6) is 0.620. The average Bonchev–Trinajstić information content (AvgIpc) is 2.93. The molecule has 3 rings (SSSR count). The lowest BCUT2D eigenvalue weighted by atomic mass is 9.52. The highest BCUT2D eigenvalue weighted by Gasteiger charge is 2.50. The second kappa shape index (κ2) is 6.58. The Labute approximate surface area is 148 Å². The number of carbonyl (C=O) groups is 2. The first-order chi connectivity index (χ1) is 11.8. The van der Waals surface area contributed by atoms with Gasteiger partial charge in [0, 0.05) is 18.4 Å². The van der Waals surface area contributed by atoms with E-state index >= 15 is 0 Å². The number of Topliss-reactive ketones (excluding diaryl/α,β-unsaturated/α-hetero) is 1. The number of ketones is 1. The summed E-state index contributed by atoms with van der Waals surface area (Å²) in [5, 5.41) is 11.3. The number of para-hydroxylation sites is 1. The van der Waals surface area contributed by atoms with Gasteiger partial charge in [0.05, 0.1) is 12.1 Å². The molecule has 1 N–H and O–H groups in total. The number of amides is 1.